The van der Waals surface area contributed by atoms with Gasteiger partial charge in [0.05, 0.1) is 11.4 Å². The molecule has 0 spiro atoms. The molecule has 4 heteroatoms. The molecular formula is C14H13FN2O. The number of nitrogens with one attached hydrogen (secondary N) is 1. The molecule has 18 heavy (non-hydrogen) atoms. The second-order valence-electron chi connectivity index (χ2n) is 4.06. The molecule has 0 aliphatic heterocycles. The van der Waals surface area contributed by atoms with Crippen LogP contribution in [-0.2, 0) is 0 Å². The number of rotatable bonds is 2. The first-order valence-electron chi connectivity index (χ1n) is 5.49. The third-order valence-electron chi connectivity index (χ3n) is 2.54. The minimum atomic E-state index is -0.441. The summed E-state index contributed by atoms with van der Waals surface area (Å²) in [6.45, 7) is 1.90. The Labute approximate surface area is 104 Å². The number of nitrogen functional groups attached to an aromatic ring is 1. The van der Waals surface area contributed by atoms with E-state index >= 15 is 0 Å². The average Bonchev–Trinajstić information content (AvgIpc) is 2.34. The minimum absolute atomic E-state index is 0.279. The first kappa shape index (κ1) is 12.1. The summed E-state index contributed by atoms with van der Waals surface area (Å²) >= 11 is 0. The number of anilines is 2. The standard InChI is InChI=1S/C14H13FN2O/c1-9-3-2-4-10(7-9)14(18)17-13-8-11(15)5-6-12(13)16/h2-8H,16H2,1H3,(H,17,18). The summed E-state index contributed by atoms with van der Waals surface area (Å²) in [7, 11) is 0. The van der Waals surface area contributed by atoms with Crippen molar-refractivity contribution in [2.24, 2.45) is 0 Å². The second-order valence-corrected chi connectivity index (χ2v) is 4.06. The number of nitrogens with two attached hydrogens (primary N) is 1. The maximum Gasteiger partial charge on any atom is 0.255 e. The molecule has 0 bridgehead atoms. The van der Waals surface area contributed by atoms with Gasteiger partial charge in [0.25, 0.3) is 5.91 Å². The molecule has 0 radical (unpaired) electrons. The monoisotopic (exact) mass is 244 g/mol. The van der Waals surface area contributed by atoms with E-state index in [1.807, 2.05) is 13.0 Å². The fourth-order valence-corrected chi connectivity index (χ4v) is 1.62. The van der Waals surface area contributed by atoms with Gasteiger partial charge in [0, 0.05) is 5.56 Å². The lowest BCUT2D eigenvalue weighted by molar-refractivity contribution is 0.102. The quantitative estimate of drug-likeness (QED) is 0.798. The highest BCUT2D eigenvalue weighted by molar-refractivity contribution is 6.05. The molecule has 0 aromatic heterocycles. The van der Waals surface area contributed by atoms with E-state index in [2.05, 4.69) is 5.32 Å². The Balaban J connectivity index is 2.24. The van der Waals surface area contributed by atoms with Gasteiger partial charge in [0.15, 0.2) is 0 Å². The van der Waals surface area contributed by atoms with Crippen molar-refractivity contribution in [3.63, 3.8) is 0 Å². The van der Waals surface area contributed by atoms with E-state index in [9.17, 15) is 9.18 Å². The van der Waals surface area contributed by atoms with Gasteiger partial charge in [-0.3, -0.25) is 4.79 Å². The number of halogens is 1. The van der Waals surface area contributed by atoms with Gasteiger partial charge in [0.2, 0.25) is 0 Å². The minimum Gasteiger partial charge on any atom is -0.397 e. The zero-order valence-corrected chi connectivity index (χ0v) is 9.91. The molecule has 0 aliphatic rings. The van der Waals surface area contributed by atoms with Gasteiger partial charge in [0.1, 0.15) is 5.82 Å². The Morgan fingerprint density at radius 2 is 2.00 bits per heavy atom. The maximum absolute atomic E-state index is 13.1. The van der Waals surface area contributed by atoms with Gasteiger partial charge in [-0.15, -0.1) is 0 Å². The van der Waals surface area contributed by atoms with E-state index in [-0.39, 0.29) is 11.6 Å². The largest absolute Gasteiger partial charge is 0.397 e. The summed E-state index contributed by atoms with van der Waals surface area (Å²) in [6.07, 6.45) is 0. The molecular weight excluding hydrogens is 231 g/mol. The third kappa shape index (κ3) is 2.66. The molecule has 2 aromatic rings. The molecule has 0 saturated heterocycles. The van der Waals surface area contributed by atoms with E-state index in [0.717, 1.165) is 5.56 Å². The van der Waals surface area contributed by atoms with E-state index in [4.69, 9.17) is 5.73 Å². The van der Waals surface area contributed by atoms with Gasteiger partial charge in [-0.1, -0.05) is 17.7 Å². The number of hydrogen-bond donors (Lipinski definition) is 2. The fourth-order valence-electron chi connectivity index (χ4n) is 1.62. The number of benzene rings is 2. The molecule has 92 valence electrons. The molecule has 0 saturated carbocycles. The SMILES string of the molecule is Cc1cccc(C(=O)Nc2cc(F)ccc2N)c1. The van der Waals surface area contributed by atoms with Gasteiger partial charge in [-0.05, 0) is 37.3 Å². The molecule has 0 atom stereocenters. The zero-order valence-electron chi connectivity index (χ0n) is 9.91. The lowest BCUT2D eigenvalue weighted by Gasteiger charge is -2.08. The zero-order chi connectivity index (χ0) is 13.1. The second kappa shape index (κ2) is 4.87. The van der Waals surface area contributed by atoms with Crippen LogP contribution in [0.5, 0.6) is 0 Å². The molecule has 0 heterocycles. The number of amides is 1. The third-order valence-corrected chi connectivity index (χ3v) is 2.54. The summed E-state index contributed by atoms with van der Waals surface area (Å²) in [5.74, 6) is -0.750. The van der Waals surface area contributed by atoms with Crippen molar-refractivity contribution in [3.05, 3.63) is 59.4 Å². The van der Waals surface area contributed by atoms with Crippen LogP contribution in [0.2, 0.25) is 0 Å². The Morgan fingerprint density at radius 3 is 2.72 bits per heavy atom. The van der Waals surface area contributed by atoms with E-state index in [0.29, 0.717) is 11.3 Å². The Bertz CT molecular complexity index is 596. The highest BCUT2D eigenvalue weighted by Gasteiger charge is 2.08. The first-order chi connectivity index (χ1) is 8.56. The summed E-state index contributed by atoms with van der Waals surface area (Å²) in [5, 5.41) is 2.59. The maximum atomic E-state index is 13.1. The van der Waals surface area contributed by atoms with Crippen molar-refractivity contribution in [3.8, 4) is 0 Å². The van der Waals surface area contributed by atoms with Crippen LogP contribution in [0.4, 0.5) is 15.8 Å². The number of carbonyl (C=O) groups excluding carboxylic acids is 1. The number of carbonyl (C=O) groups is 1. The molecule has 3 N–H and O–H groups in total. The summed E-state index contributed by atoms with van der Waals surface area (Å²) in [4.78, 5) is 11.9. The van der Waals surface area contributed by atoms with Crippen LogP contribution in [0.3, 0.4) is 0 Å². The Hall–Kier alpha value is -2.36. The van der Waals surface area contributed by atoms with E-state index in [1.165, 1.54) is 18.2 Å². The van der Waals surface area contributed by atoms with Crippen molar-refractivity contribution in [1.82, 2.24) is 0 Å². The van der Waals surface area contributed by atoms with Crippen molar-refractivity contribution in [2.75, 3.05) is 11.1 Å². The topological polar surface area (TPSA) is 55.1 Å². The predicted molar refractivity (Wildman–Crippen MR) is 69.9 cm³/mol. The normalized spacial score (nSPS) is 10.1. The van der Waals surface area contributed by atoms with Crippen molar-refractivity contribution in [1.29, 1.82) is 0 Å². The molecule has 1 amide bonds. The van der Waals surface area contributed by atoms with Gasteiger partial charge < -0.3 is 11.1 Å². The predicted octanol–water partition coefficient (Wildman–Crippen LogP) is 2.97. The van der Waals surface area contributed by atoms with Crippen LogP contribution in [0.25, 0.3) is 0 Å². The first-order valence-corrected chi connectivity index (χ1v) is 5.49. The summed E-state index contributed by atoms with van der Waals surface area (Å²) in [5.41, 5.74) is 7.77. The van der Waals surface area contributed by atoms with Crippen LogP contribution in [0.15, 0.2) is 42.5 Å². The van der Waals surface area contributed by atoms with Crippen molar-refractivity contribution < 1.29 is 9.18 Å². The smallest absolute Gasteiger partial charge is 0.255 e. The van der Waals surface area contributed by atoms with E-state index < -0.39 is 5.82 Å². The molecule has 0 fully saturated rings. The lowest BCUT2D eigenvalue weighted by atomic mass is 10.1. The highest BCUT2D eigenvalue weighted by Crippen LogP contribution is 2.20. The molecule has 0 unspecified atom stereocenters. The summed E-state index contributed by atoms with van der Waals surface area (Å²) < 4.78 is 13.1. The van der Waals surface area contributed by atoms with Crippen LogP contribution in [0, 0.1) is 12.7 Å². The number of hydrogen-bond acceptors (Lipinski definition) is 2. The Morgan fingerprint density at radius 1 is 1.22 bits per heavy atom. The molecule has 2 aromatic carbocycles. The highest BCUT2D eigenvalue weighted by atomic mass is 19.1. The van der Waals surface area contributed by atoms with Crippen molar-refractivity contribution in [2.45, 2.75) is 6.92 Å². The molecule has 2 rings (SSSR count). The van der Waals surface area contributed by atoms with E-state index in [1.54, 1.807) is 18.2 Å². The molecule has 0 aliphatic carbocycles. The van der Waals surface area contributed by atoms with Gasteiger partial charge >= 0.3 is 0 Å². The molecule has 3 nitrogen and oxygen atoms in total. The van der Waals surface area contributed by atoms with Crippen LogP contribution < -0.4 is 11.1 Å². The van der Waals surface area contributed by atoms with Crippen LogP contribution in [0.1, 0.15) is 15.9 Å². The van der Waals surface area contributed by atoms with Crippen LogP contribution >= 0.6 is 0 Å². The fraction of sp³-hybridized carbons (Fsp3) is 0.0714. The number of aryl methyl sites for hydroxylation is 1. The van der Waals surface area contributed by atoms with Gasteiger partial charge in [-0.2, -0.15) is 0 Å². The lowest BCUT2D eigenvalue weighted by Crippen LogP contribution is -2.13. The van der Waals surface area contributed by atoms with Gasteiger partial charge in [-0.25, -0.2) is 4.39 Å². The summed E-state index contributed by atoms with van der Waals surface area (Å²) in [6, 6.07) is 11.0. The van der Waals surface area contributed by atoms with Crippen molar-refractivity contribution >= 4 is 17.3 Å². The Kier molecular flexibility index (Phi) is 3.28. The average molecular weight is 244 g/mol. The van der Waals surface area contributed by atoms with Crippen LogP contribution in [-0.4, -0.2) is 5.91 Å².